The second kappa shape index (κ2) is 9.22. The number of benzene rings is 3. The highest BCUT2D eigenvalue weighted by molar-refractivity contribution is 7.99. The molecule has 0 saturated heterocycles. The third-order valence-corrected chi connectivity index (χ3v) is 8.05. The van der Waals surface area contributed by atoms with E-state index in [1.165, 1.54) is 5.56 Å². The lowest BCUT2D eigenvalue weighted by atomic mass is 9.94. The average molecular weight is 494 g/mol. The number of hydrogen-bond donors (Lipinski definition) is 1. The Labute approximate surface area is 211 Å². The molecule has 8 heteroatoms. The van der Waals surface area contributed by atoms with Crippen LogP contribution in [-0.4, -0.2) is 16.2 Å². The molecule has 1 aliphatic carbocycles. The Hall–Kier alpha value is -4.00. The standard InChI is InChI=1S/C28H23N5O2S/c29-32-31-23-13-12-18(21-8-4-5-9-22(21)23)14-19-15-25(34)33-24(16-36-28(33)26(19)17-10-11-17)27(35)30-20-6-2-1-3-7-20/h1-9,12-13,15,17,24H,10-11,14,16H2,(H,30,35)/t24-/m0/s1. The molecule has 1 atom stereocenters. The Kier molecular flexibility index (Phi) is 5.76. The van der Waals surface area contributed by atoms with Crippen LogP contribution in [0.2, 0.25) is 0 Å². The van der Waals surface area contributed by atoms with E-state index in [1.54, 1.807) is 22.4 Å². The van der Waals surface area contributed by atoms with Gasteiger partial charge in [-0.3, -0.25) is 14.2 Å². The summed E-state index contributed by atoms with van der Waals surface area (Å²) in [4.78, 5) is 29.5. The van der Waals surface area contributed by atoms with Gasteiger partial charge in [-0.1, -0.05) is 59.7 Å². The summed E-state index contributed by atoms with van der Waals surface area (Å²) in [5.41, 5.74) is 13.4. The molecule has 1 amide bonds. The predicted octanol–water partition coefficient (Wildman–Crippen LogP) is 6.70. The highest BCUT2D eigenvalue weighted by atomic mass is 32.2. The summed E-state index contributed by atoms with van der Waals surface area (Å²) in [6.45, 7) is 0. The molecule has 4 aromatic rings. The molecular weight excluding hydrogens is 470 g/mol. The summed E-state index contributed by atoms with van der Waals surface area (Å²) in [5.74, 6) is 0.795. The van der Waals surface area contributed by atoms with Crippen LogP contribution in [0.15, 0.2) is 87.7 Å². The van der Waals surface area contributed by atoms with Crippen LogP contribution in [-0.2, 0) is 11.2 Å². The van der Waals surface area contributed by atoms with Gasteiger partial charge in [-0.05, 0) is 70.3 Å². The maximum absolute atomic E-state index is 13.4. The number of pyridine rings is 1. The van der Waals surface area contributed by atoms with Crippen LogP contribution in [0.1, 0.15) is 41.5 Å². The minimum atomic E-state index is -0.534. The fourth-order valence-electron chi connectivity index (χ4n) is 5.07. The molecule has 1 fully saturated rings. The fraction of sp³-hybridized carbons (Fsp3) is 0.214. The Morgan fingerprint density at radius 1 is 1.03 bits per heavy atom. The van der Waals surface area contributed by atoms with Crippen LogP contribution in [0.3, 0.4) is 0 Å². The lowest BCUT2D eigenvalue weighted by molar-refractivity contribution is -0.118. The zero-order valence-corrected chi connectivity index (χ0v) is 20.2. The molecule has 0 radical (unpaired) electrons. The first-order valence-corrected chi connectivity index (χ1v) is 13.0. The van der Waals surface area contributed by atoms with E-state index in [4.69, 9.17) is 5.53 Å². The summed E-state index contributed by atoms with van der Waals surface area (Å²) in [7, 11) is 0. The summed E-state index contributed by atoms with van der Waals surface area (Å²) in [6.07, 6.45) is 2.79. The molecule has 2 heterocycles. The Balaban J connectivity index is 1.40. The number of nitrogens with zero attached hydrogens (tertiary/aromatic N) is 4. The lowest BCUT2D eigenvalue weighted by Crippen LogP contribution is -2.33. The monoisotopic (exact) mass is 493 g/mol. The number of thioether (sulfide) groups is 1. The molecule has 0 unspecified atom stereocenters. The van der Waals surface area contributed by atoms with E-state index in [1.807, 2.05) is 66.7 Å². The van der Waals surface area contributed by atoms with E-state index < -0.39 is 6.04 Å². The van der Waals surface area contributed by atoms with Gasteiger partial charge in [0.25, 0.3) is 5.56 Å². The van der Waals surface area contributed by atoms with Gasteiger partial charge in [0.1, 0.15) is 6.04 Å². The third-order valence-electron chi connectivity index (χ3n) is 6.87. The smallest absolute Gasteiger partial charge is 0.252 e. The molecular formula is C28H23N5O2S. The van der Waals surface area contributed by atoms with Crippen molar-refractivity contribution < 1.29 is 4.79 Å². The Morgan fingerprint density at radius 2 is 1.78 bits per heavy atom. The minimum Gasteiger partial charge on any atom is -0.324 e. The number of hydrogen-bond acceptors (Lipinski definition) is 4. The lowest BCUT2D eigenvalue weighted by Gasteiger charge is -2.18. The van der Waals surface area contributed by atoms with Crippen LogP contribution < -0.4 is 10.9 Å². The van der Waals surface area contributed by atoms with Crippen molar-refractivity contribution in [3.05, 3.63) is 110 Å². The second-order valence-corrected chi connectivity index (χ2v) is 10.2. The summed E-state index contributed by atoms with van der Waals surface area (Å²) in [5, 5.41) is 9.64. The number of para-hydroxylation sites is 1. The minimum absolute atomic E-state index is 0.141. The molecule has 36 heavy (non-hydrogen) atoms. The largest absolute Gasteiger partial charge is 0.324 e. The SMILES string of the molecule is [N-]=[N+]=Nc1ccc(Cc2cc(=O)n3c(c2C2CC2)SC[C@H]3C(=O)Nc2ccccc2)c2ccccc12. The summed E-state index contributed by atoms with van der Waals surface area (Å²) < 4.78 is 1.70. The molecule has 0 bridgehead atoms. The molecule has 6 rings (SSSR count). The number of rotatable bonds is 6. The van der Waals surface area contributed by atoms with Gasteiger partial charge in [-0.25, -0.2) is 0 Å². The number of carbonyl (C=O) groups excluding carboxylic acids is 1. The zero-order chi connectivity index (χ0) is 24.6. The van der Waals surface area contributed by atoms with Gasteiger partial charge < -0.3 is 5.32 Å². The third kappa shape index (κ3) is 4.04. The summed E-state index contributed by atoms with van der Waals surface area (Å²) in [6, 6.07) is 22.2. The quantitative estimate of drug-likeness (QED) is 0.184. The topological polar surface area (TPSA) is 99.9 Å². The van der Waals surface area contributed by atoms with E-state index in [9.17, 15) is 9.59 Å². The average Bonchev–Trinajstić information content (AvgIpc) is 3.63. The van der Waals surface area contributed by atoms with E-state index >= 15 is 0 Å². The van der Waals surface area contributed by atoms with Gasteiger partial charge in [-0.15, -0.1) is 11.8 Å². The maximum Gasteiger partial charge on any atom is 0.252 e. The van der Waals surface area contributed by atoms with Crippen molar-refractivity contribution in [2.75, 3.05) is 11.1 Å². The molecule has 1 aromatic heterocycles. The number of carbonyl (C=O) groups is 1. The molecule has 1 aliphatic heterocycles. The maximum atomic E-state index is 13.4. The molecule has 2 aliphatic rings. The second-order valence-electron chi connectivity index (χ2n) is 9.21. The van der Waals surface area contributed by atoms with E-state index in [0.717, 1.165) is 45.5 Å². The highest BCUT2D eigenvalue weighted by Gasteiger charge is 2.37. The van der Waals surface area contributed by atoms with Crippen molar-refractivity contribution in [3.63, 3.8) is 0 Å². The van der Waals surface area contributed by atoms with Gasteiger partial charge in [0.05, 0.1) is 5.03 Å². The van der Waals surface area contributed by atoms with Crippen molar-refractivity contribution in [3.8, 4) is 0 Å². The van der Waals surface area contributed by atoms with Crippen molar-refractivity contribution in [2.45, 2.75) is 36.2 Å². The van der Waals surface area contributed by atoms with Gasteiger partial charge in [0, 0.05) is 28.1 Å². The molecule has 178 valence electrons. The number of amides is 1. The number of azide groups is 1. The van der Waals surface area contributed by atoms with E-state index in [2.05, 4.69) is 15.3 Å². The first-order chi connectivity index (χ1) is 17.6. The first-order valence-electron chi connectivity index (χ1n) is 12.0. The Morgan fingerprint density at radius 3 is 2.53 bits per heavy atom. The van der Waals surface area contributed by atoms with Crippen LogP contribution in [0, 0.1) is 0 Å². The number of anilines is 1. The van der Waals surface area contributed by atoms with Crippen molar-refractivity contribution in [1.82, 2.24) is 4.57 Å². The number of fused-ring (bicyclic) bond motifs is 2. The van der Waals surface area contributed by atoms with Crippen LogP contribution in [0.5, 0.6) is 0 Å². The number of aromatic nitrogens is 1. The zero-order valence-electron chi connectivity index (χ0n) is 19.4. The molecule has 7 nitrogen and oxygen atoms in total. The van der Waals surface area contributed by atoms with Crippen LogP contribution in [0.25, 0.3) is 21.2 Å². The van der Waals surface area contributed by atoms with Crippen LogP contribution in [0.4, 0.5) is 11.4 Å². The van der Waals surface area contributed by atoms with Crippen molar-refractivity contribution in [2.24, 2.45) is 5.11 Å². The summed E-state index contributed by atoms with van der Waals surface area (Å²) >= 11 is 1.61. The van der Waals surface area contributed by atoms with E-state index in [0.29, 0.717) is 23.8 Å². The van der Waals surface area contributed by atoms with Gasteiger partial charge in [-0.2, -0.15) is 0 Å². The normalized spacial score (nSPS) is 16.4. The number of nitrogens with one attached hydrogen (secondary N) is 1. The molecule has 1 saturated carbocycles. The van der Waals surface area contributed by atoms with Crippen molar-refractivity contribution >= 4 is 39.8 Å². The van der Waals surface area contributed by atoms with E-state index in [-0.39, 0.29) is 11.5 Å². The van der Waals surface area contributed by atoms with Gasteiger partial charge >= 0.3 is 0 Å². The molecule has 0 spiro atoms. The molecule has 3 aromatic carbocycles. The highest BCUT2D eigenvalue weighted by Crippen LogP contribution is 2.49. The molecule has 1 N–H and O–H groups in total. The first kappa shape index (κ1) is 22.5. The predicted molar refractivity (Wildman–Crippen MR) is 143 cm³/mol. The van der Waals surface area contributed by atoms with Crippen molar-refractivity contribution in [1.29, 1.82) is 0 Å². The fourth-order valence-corrected chi connectivity index (χ4v) is 6.50. The van der Waals surface area contributed by atoms with Gasteiger partial charge in [0.15, 0.2) is 0 Å². The van der Waals surface area contributed by atoms with Crippen LogP contribution >= 0.6 is 11.8 Å². The Bertz CT molecular complexity index is 1600. The van der Waals surface area contributed by atoms with Gasteiger partial charge in [0.2, 0.25) is 5.91 Å².